The van der Waals surface area contributed by atoms with Crippen LogP contribution in [0.4, 0.5) is 0 Å². The molecule has 0 atom stereocenters. The summed E-state index contributed by atoms with van der Waals surface area (Å²) in [6, 6.07) is 14.7. The molecule has 3 rings (SSSR count). The summed E-state index contributed by atoms with van der Waals surface area (Å²) in [6.07, 6.45) is 6.62. The lowest BCUT2D eigenvalue weighted by atomic mass is 10.2. The lowest BCUT2D eigenvalue weighted by Crippen LogP contribution is -2.17. The molecule has 0 aliphatic rings. The zero-order valence-corrected chi connectivity index (χ0v) is 17.6. The van der Waals surface area contributed by atoms with Crippen LogP contribution in [0.1, 0.15) is 5.56 Å². The fraction of sp³-hybridized carbons (Fsp3) is 0.200. The van der Waals surface area contributed by atoms with Gasteiger partial charge in [-0.2, -0.15) is 4.99 Å². The molecule has 3 aromatic rings. The normalized spacial score (nSPS) is 12.2. The standard InChI is InChI=1S/C20H18N2O3S3/c1-3-11-22-17-10-9-16(28(2,24)25)12-18(17)27-20(22)21-19(23)14-26-13-15-7-5-4-6-8-15/h1,4-10,12H,11,13-14H2,2H3. The van der Waals surface area contributed by atoms with Crippen LogP contribution >= 0.6 is 23.1 Å². The van der Waals surface area contributed by atoms with Gasteiger partial charge in [0.05, 0.1) is 27.4 Å². The van der Waals surface area contributed by atoms with Crippen molar-refractivity contribution in [3.8, 4) is 12.3 Å². The highest BCUT2D eigenvalue weighted by molar-refractivity contribution is 7.99. The van der Waals surface area contributed by atoms with Gasteiger partial charge in [-0.25, -0.2) is 8.42 Å². The van der Waals surface area contributed by atoms with Crippen molar-refractivity contribution in [3.05, 3.63) is 58.9 Å². The summed E-state index contributed by atoms with van der Waals surface area (Å²) in [7, 11) is -3.32. The molecular weight excluding hydrogens is 412 g/mol. The number of terminal acetylenes is 1. The Labute approximate surface area is 172 Å². The summed E-state index contributed by atoms with van der Waals surface area (Å²) in [5, 5.41) is 0. The molecule has 0 N–H and O–H groups in total. The van der Waals surface area contributed by atoms with Gasteiger partial charge in [0.2, 0.25) is 0 Å². The number of sulfone groups is 1. The van der Waals surface area contributed by atoms with Crippen molar-refractivity contribution in [1.82, 2.24) is 4.57 Å². The number of aromatic nitrogens is 1. The first-order valence-electron chi connectivity index (χ1n) is 8.34. The van der Waals surface area contributed by atoms with E-state index in [-0.39, 0.29) is 23.1 Å². The number of amides is 1. The smallest absolute Gasteiger partial charge is 0.258 e. The molecule has 0 saturated heterocycles. The topological polar surface area (TPSA) is 68.5 Å². The van der Waals surface area contributed by atoms with E-state index in [1.807, 2.05) is 30.3 Å². The van der Waals surface area contributed by atoms with Crippen molar-refractivity contribution in [2.24, 2.45) is 4.99 Å². The van der Waals surface area contributed by atoms with E-state index < -0.39 is 9.84 Å². The number of hydrogen-bond acceptors (Lipinski definition) is 5. The molecular formula is C20H18N2O3S3. The molecule has 1 heterocycles. The average molecular weight is 431 g/mol. The Bertz CT molecular complexity index is 1220. The molecule has 1 aromatic heterocycles. The first-order valence-corrected chi connectivity index (χ1v) is 12.2. The van der Waals surface area contributed by atoms with Crippen LogP contribution in [0.15, 0.2) is 58.4 Å². The Morgan fingerprint density at radius 2 is 2.00 bits per heavy atom. The second kappa shape index (κ2) is 8.78. The number of carbonyl (C=O) groups is 1. The fourth-order valence-corrected chi connectivity index (χ4v) is 5.16. The molecule has 0 aliphatic carbocycles. The van der Waals surface area contributed by atoms with Crippen LogP contribution in [0.2, 0.25) is 0 Å². The van der Waals surface area contributed by atoms with Crippen molar-refractivity contribution >= 4 is 49.1 Å². The van der Waals surface area contributed by atoms with Crippen molar-refractivity contribution in [1.29, 1.82) is 0 Å². The molecule has 8 heteroatoms. The molecule has 0 aliphatic heterocycles. The maximum absolute atomic E-state index is 12.3. The number of benzene rings is 2. The van der Waals surface area contributed by atoms with Crippen LogP contribution in [-0.4, -0.2) is 30.9 Å². The van der Waals surface area contributed by atoms with Crippen molar-refractivity contribution in [3.63, 3.8) is 0 Å². The largest absolute Gasteiger partial charge is 0.305 e. The van der Waals surface area contributed by atoms with E-state index in [1.165, 1.54) is 23.1 Å². The summed E-state index contributed by atoms with van der Waals surface area (Å²) >= 11 is 2.76. The molecule has 0 saturated carbocycles. The Hall–Kier alpha value is -2.34. The van der Waals surface area contributed by atoms with Gasteiger partial charge in [-0.1, -0.05) is 47.6 Å². The Kier molecular flexibility index (Phi) is 6.39. The molecule has 1 amide bonds. The van der Waals surface area contributed by atoms with Gasteiger partial charge in [-0.05, 0) is 23.8 Å². The first-order chi connectivity index (χ1) is 13.4. The first kappa shape index (κ1) is 20.4. The minimum Gasteiger partial charge on any atom is -0.305 e. The Morgan fingerprint density at radius 3 is 2.68 bits per heavy atom. The van der Waals surface area contributed by atoms with Crippen LogP contribution in [0.5, 0.6) is 0 Å². The van der Waals surface area contributed by atoms with Crippen LogP contribution in [0.3, 0.4) is 0 Å². The number of fused-ring (bicyclic) bond motifs is 1. The van der Waals surface area contributed by atoms with E-state index in [9.17, 15) is 13.2 Å². The molecule has 0 unspecified atom stereocenters. The average Bonchev–Trinajstić information content (AvgIpc) is 2.99. The molecule has 144 valence electrons. The predicted octanol–water partition coefficient (Wildman–Crippen LogP) is 3.10. The minimum atomic E-state index is -3.32. The monoisotopic (exact) mass is 430 g/mol. The third-order valence-corrected chi connectivity index (χ3v) is 7.03. The minimum absolute atomic E-state index is 0.227. The van der Waals surface area contributed by atoms with E-state index >= 15 is 0 Å². The van der Waals surface area contributed by atoms with Gasteiger partial charge >= 0.3 is 0 Å². The van der Waals surface area contributed by atoms with Crippen LogP contribution in [0.25, 0.3) is 10.2 Å². The van der Waals surface area contributed by atoms with E-state index in [0.29, 0.717) is 4.80 Å². The third kappa shape index (κ3) is 4.93. The summed E-state index contributed by atoms with van der Waals surface area (Å²) < 4.78 is 26.1. The molecule has 5 nitrogen and oxygen atoms in total. The highest BCUT2D eigenvalue weighted by Gasteiger charge is 2.12. The number of thiazole rings is 1. The number of nitrogens with zero attached hydrogens (tertiary/aromatic N) is 2. The van der Waals surface area contributed by atoms with Crippen molar-refractivity contribution in [2.45, 2.75) is 17.2 Å². The number of rotatable bonds is 6. The van der Waals surface area contributed by atoms with E-state index in [2.05, 4.69) is 10.9 Å². The number of thioether (sulfide) groups is 1. The Balaban J connectivity index is 1.86. The van der Waals surface area contributed by atoms with Gasteiger partial charge < -0.3 is 4.57 Å². The maximum atomic E-state index is 12.3. The molecule has 0 radical (unpaired) electrons. The highest BCUT2D eigenvalue weighted by Crippen LogP contribution is 2.22. The van der Waals surface area contributed by atoms with E-state index in [1.54, 1.807) is 22.8 Å². The van der Waals surface area contributed by atoms with Gasteiger partial charge in [0.15, 0.2) is 14.6 Å². The van der Waals surface area contributed by atoms with Gasteiger partial charge in [-0.3, -0.25) is 4.79 Å². The lowest BCUT2D eigenvalue weighted by Gasteiger charge is -2.01. The van der Waals surface area contributed by atoms with Gasteiger partial charge in [0, 0.05) is 12.0 Å². The molecule has 0 fully saturated rings. The van der Waals surface area contributed by atoms with Gasteiger partial charge in [-0.15, -0.1) is 18.2 Å². The number of hydrogen-bond donors (Lipinski definition) is 0. The van der Waals surface area contributed by atoms with Gasteiger partial charge in [0.25, 0.3) is 5.91 Å². The third-order valence-electron chi connectivity index (χ3n) is 3.89. The predicted molar refractivity (Wildman–Crippen MR) is 115 cm³/mol. The fourth-order valence-electron chi connectivity index (χ4n) is 2.58. The molecule has 0 bridgehead atoms. The van der Waals surface area contributed by atoms with Crippen molar-refractivity contribution in [2.75, 3.05) is 12.0 Å². The summed E-state index contributed by atoms with van der Waals surface area (Å²) in [5.74, 6) is 3.30. The van der Waals surface area contributed by atoms with E-state index in [0.717, 1.165) is 27.8 Å². The van der Waals surface area contributed by atoms with Crippen LogP contribution < -0.4 is 4.80 Å². The molecule has 0 spiro atoms. The van der Waals surface area contributed by atoms with Crippen LogP contribution in [-0.2, 0) is 26.9 Å². The summed E-state index contributed by atoms with van der Waals surface area (Å²) in [4.78, 5) is 17.2. The van der Waals surface area contributed by atoms with Crippen LogP contribution in [0, 0.1) is 12.3 Å². The second-order valence-electron chi connectivity index (χ2n) is 6.06. The zero-order valence-electron chi connectivity index (χ0n) is 15.2. The SMILES string of the molecule is C#CCn1c(=NC(=O)CSCc2ccccc2)sc2cc(S(C)(=O)=O)ccc21. The maximum Gasteiger partial charge on any atom is 0.258 e. The number of carbonyl (C=O) groups excluding carboxylic acids is 1. The molecule has 28 heavy (non-hydrogen) atoms. The zero-order chi connectivity index (χ0) is 20.1. The Morgan fingerprint density at radius 1 is 1.25 bits per heavy atom. The summed E-state index contributed by atoms with van der Waals surface area (Å²) in [5.41, 5.74) is 1.91. The van der Waals surface area contributed by atoms with Crippen molar-refractivity contribution < 1.29 is 13.2 Å². The highest BCUT2D eigenvalue weighted by atomic mass is 32.2. The van der Waals surface area contributed by atoms with Gasteiger partial charge in [0.1, 0.15) is 0 Å². The summed E-state index contributed by atoms with van der Waals surface area (Å²) in [6.45, 7) is 0.251. The van der Waals surface area contributed by atoms with E-state index in [4.69, 9.17) is 6.42 Å². The second-order valence-corrected chi connectivity index (χ2v) is 10.1. The lowest BCUT2D eigenvalue weighted by molar-refractivity contribution is -0.115. The molecule has 2 aromatic carbocycles. The quantitative estimate of drug-likeness (QED) is 0.564.